The Labute approximate surface area is 212 Å². The summed E-state index contributed by atoms with van der Waals surface area (Å²) in [5, 5.41) is 0.633. The molecule has 36 heavy (non-hydrogen) atoms. The maximum Gasteiger partial charge on any atom is 0.354 e. The molecule has 8 heteroatoms. The van der Waals surface area contributed by atoms with Gasteiger partial charge in [0.1, 0.15) is 18.1 Å². The van der Waals surface area contributed by atoms with Gasteiger partial charge in [0.05, 0.1) is 45.2 Å². The first-order valence-corrected chi connectivity index (χ1v) is 12.4. The Morgan fingerprint density at radius 2 is 1.58 bits per heavy atom. The molecule has 0 saturated heterocycles. The Hall–Kier alpha value is -3.20. The third kappa shape index (κ3) is 7.65. The molecule has 3 rings (SSSR count). The van der Waals surface area contributed by atoms with E-state index < -0.39 is 5.97 Å². The molecule has 0 atom stereocenters. The van der Waals surface area contributed by atoms with Crippen LogP contribution < -0.4 is 4.74 Å². The quantitative estimate of drug-likeness (QED) is 0.152. The average molecular weight is 498 g/mol. The zero-order valence-corrected chi connectivity index (χ0v) is 21.1. The summed E-state index contributed by atoms with van der Waals surface area (Å²) in [5.41, 5.74) is 2.49. The normalized spacial score (nSPS) is 11.1. The van der Waals surface area contributed by atoms with Gasteiger partial charge in [-0.1, -0.05) is 37.3 Å². The van der Waals surface area contributed by atoms with E-state index in [9.17, 15) is 9.59 Å². The molecule has 0 amide bonds. The first-order valence-electron chi connectivity index (χ1n) is 12.4. The standard InChI is InChI=1S/C28H35NO7/c1-3-13-32-15-17-34-18-16-33-14-12-29-25(28(31)35-4-2)19-24-23(20-30)10-11-26(27(24)29)36-21-22-8-6-5-7-9-22/h5-11,19-20H,3-4,12-18,21H2,1-2H3. The molecule has 0 N–H and O–H groups in total. The van der Waals surface area contributed by atoms with Crippen molar-refractivity contribution in [2.24, 2.45) is 0 Å². The van der Waals surface area contributed by atoms with Crippen LogP contribution in [-0.4, -0.2) is 63.1 Å². The third-order valence-electron chi connectivity index (χ3n) is 5.46. The third-order valence-corrected chi connectivity index (χ3v) is 5.46. The fourth-order valence-electron chi connectivity index (χ4n) is 3.77. The van der Waals surface area contributed by atoms with Gasteiger partial charge in [0.15, 0.2) is 6.29 Å². The van der Waals surface area contributed by atoms with Gasteiger partial charge in [0.25, 0.3) is 0 Å². The van der Waals surface area contributed by atoms with Crippen LogP contribution in [0.3, 0.4) is 0 Å². The number of ether oxygens (including phenoxy) is 5. The second kappa shape index (κ2) is 15.0. The van der Waals surface area contributed by atoms with Crippen molar-refractivity contribution < 1.29 is 33.3 Å². The van der Waals surface area contributed by atoms with E-state index in [1.165, 1.54) is 0 Å². The van der Waals surface area contributed by atoms with Gasteiger partial charge in [-0.05, 0) is 37.1 Å². The summed E-state index contributed by atoms with van der Waals surface area (Å²) < 4.78 is 29.9. The molecular formula is C28H35NO7. The SMILES string of the molecule is CCCOCCOCCOCCn1c(C(=O)OCC)cc2c(C=O)ccc(OCc3ccccc3)c21. The maximum atomic E-state index is 12.8. The van der Waals surface area contributed by atoms with E-state index in [2.05, 4.69) is 6.92 Å². The van der Waals surface area contributed by atoms with E-state index >= 15 is 0 Å². The second-order valence-corrected chi connectivity index (χ2v) is 8.05. The molecule has 3 aromatic rings. The number of carbonyl (C=O) groups is 2. The first kappa shape index (κ1) is 27.4. The van der Waals surface area contributed by atoms with Crippen molar-refractivity contribution in [2.45, 2.75) is 33.4 Å². The highest BCUT2D eigenvalue weighted by Crippen LogP contribution is 2.32. The van der Waals surface area contributed by atoms with Gasteiger partial charge >= 0.3 is 5.97 Å². The number of fused-ring (bicyclic) bond motifs is 1. The fraction of sp³-hybridized carbons (Fsp3) is 0.429. The molecule has 0 aliphatic carbocycles. The monoisotopic (exact) mass is 497 g/mol. The molecule has 1 aromatic heterocycles. The molecule has 8 nitrogen and oxygen atoms in total. The summed E-state index contributed by atoms with van der Waals surface area (Å²) in [6.07, 6.45) is 1.76. The van der Waals surface area contributed by atoms with E-state index in [0.29, 0.717) is 74.1 Å². The summed E-state index contributed by atoms with van der Waals surface area (Å²) in [6, 6.07) is 14.9. The van der Waals surface area contributed by atoms with E-state index in [0.717, 1.165) is 24.9 Å². The number of nitrogens with zero attached hydrogens (tertiary/aromatic N) is 1. The number of esters is 1. The van der Waals surface area contributed by atoms with Crippen molar-refractivity contribution in [3.8, 4) is 5.75 Å². The lowest BCUT2D eigenvalue weighted by Gasteiger charge is -2.14. The number of hydrogen-bond donors (Lipinski definition) is 0. The molecule has 2 aromatic carbocycles. The molecule has 0 aliphatic rings. The van der Waals surface area contributed by atoms with Gasteiger partial charge in [-0.25, -0.2) is 4.79 Å². The van der Waals surface area contributed by atoms with E-state index in [1.807, 2.05) is 30.3 Å². The number of benzene rings is 2. The van der Waals surface area contributed by atoms with Crippen LogP contribution in [-0.2, 0) is 32.1 Å². The molecule has 0 fully saturated rings. The molecule has 194 valence electrons. The van der Waals surface area contributed by atoms with Crippen LogP contribution >= 0.6 is 0 Å². The van der Waals surface area contributed by atoms with Gasteiger partial charge < -0.3 is 28.3 Å². The highest BCUT2D eigenvalue weighted by atomic mass is 16.5. The zero-order valence-electron chi connectivity index (χ0n) is 21.1. The smallest absolute Gasteiger partial charge is 0.354 e. The Morgan fingerprint density at radius 1 is 0.889 bits per heavy atom. The molecule has 0 bridgehead atoms. The van der Waals surface area contributed by atoms with Crippen molar-refractivity contribution >= 4 is 23.2 Å². The minimum Gasteiger partial charge on any atom is -0.487 e. The van der Waals surface area contributed by atoms with Crippen LogP contribution in [0, 0.1) is 0 Å². The summed E-state index contributed by atoms with van der Waals surface area (Å²) in [5.74, 6) is 0.111. The van der Waals surface area contributed by atoms with Crippen molar-refractivity contribution in [3.05, 3.63) is 65.4 Å². The van der Waals surface area contributed by atoms with Gasteiger partial charge in [0.2, 0.25) is 0 Å². The second-order valence-electron chi connectivity index (χ2n) is 8.05. The minimum absolute atomic E-state index is 0.244. The van der Waals surface area contributed by atoms with Crippen molar-refractivity contribution in [3.63, 3.8) is 0 Å². The molecular weight excluding hydrogens is 462 g/mol. The maximum absolute atomic E-state index is 12.8. The predicted octanol–water partition coefficient (Wildman–Crippen LogP) is 4.67. The van der Waals surface area contributed by atoms with Gasteiger partial charge in [-0.2, -0.15) is 0 Å². The Kier molecular flexibility index (Phi) is 11.4. The largest absolute Gasteiger partial charge is 0.487 e. The number of rotatable bonds is 17. The highest BCUT2D eigenvalue weighted by Gasteiger charge is 2.21. The van der Waals surface area contributed by atoms with Gasteiger partial charge in [-0.15, -0.1) is 0 Å². The van der Waals surface area contributed by atoms with Crippen LogP contribution in [0.4, 0.5) is 0 Å². The van der Waals surface area contributed by atoms with Crippen molar-refractivity contribution in [2.75, 3.05) is 46.2 Å². The minimum atomic E-state index is -0.463. The van der Waals surface area contributed by atoms with Crippen LogP contribution in [0.1, 0.15) is 46.7 Å². The summed E-state index contributed by atoms with van der Waals surface area (Å²) in [7, 11) is 0. The van der Waals surface area contributed by atoms with Crippen molar-refractivity contribution in [1.29, 1.82) is 0 Å². The lowest BCUT2D eigenvalue weighted by atomic mass is 10.1. The number of carbonyl (C=O) groups excluding carboxylic acids is 2. The number of aldehydes is 1. The van der Waals surface area contributed by atoms with E-state index in [4.69, 9.17) is 23.7 Å². The Balaban J connectivity index is 1.75. The van der Waals surface area contributed by atoms with Crippen LogP contribution in [0.5, 0.6) is 5.75 Å². The predicted molar refractivity (Wildman–Crippen MR) is 137 cm³/mol. The molecule has 0 radical (unpaired) electrons. The van der Waals surface area contributed by atoms with E-state index in [-0.39, 0.29) is 6.61 Å². The zero-order chi connectivity index (χ0) is 25.6. The molecule has 0 spiro atoms. The topological polar surface area (TPSA) is 85.2 Å². The Morgan fingerprint density at radius 3 is 2.25 bits per heavy atom. The van der Waals surface area contributed by atoms with Crippen LogP contribution in [0.25, 0.3) is 10.9 Å². The first-order chi connectivity index (χ1) is 17.7. The average Bonchev–Trinajstić information content (AvgIpc) is 3.29. The number of aromatic nitrogens is 1. The van der Waals surface area contributed by atoms with E-state index in [1.54, 1.807) is 29.7 Å². The summed E-state index contributed by atoms with van der Waals surface area (Å²) in [6.45, 7) is 7.83. The Bertz CT molecular complexity index is 1090. The summed E-state index contributed by atoms with van der Waals surface area (Å²) in [4.78, 5) is 24.5. The molecule has 1 heterocycles. The van der Waals surface area contributed by atoms with Crippen molar-refractivity contribution in [1.82, 2.24) is 4.57 Å². The number of hydrogen-bond acceptors (Lipinski definition) is 7. The fourth-order valence-corrected chi connectivity index (χ4v) is 3.77. The summed E-state index contributed by atoms with van der Waals surface area (Å²) >= 11 is 0. The molecule has 0 unspecified atom stereocenters. The highest BCUT2D eigenvalue weighted by molar-refractivity contribution is 6.04. The van der Waals surface area contributed by atoms with Crippen LogP contribution in [0.2, 0.25) is 0 Å². The lowest BCUT2D eigenvalue weighted by Crippen LogP contribution is -2.16. The molecule has 0 aliphatic heterocycles. The van der Waals surface area contributed by atoms with Gasteiger partial charge in [0, 0.05) is 24.1 Å². The lowest BCUT2D eigenvalue weighted by molar-refractivity contribution is 0.0132. The van der Waals surface area contributed by atoms with Crippen LogP contribution in [0.15, 0.2) is 48.5 Å². The molecule has 0 saturated carbocycles. The van der Waals surface area contributed by atoms with Gasteiger partial charge in [-0.3, -0.25) is 4.79 Å².